The average Bonchev–Trinajstić information content (AvgIpc) is 3.30. The van der Waals surface area contributed by atoms with E-state index in [1.165, 1.54) is 11.8 Å². The Bertz CT molecular complexity index is 1240. The number of fused-ring (bicyclic) bond motifs is 1. The number of carbonyl (C=O) groups is 1. The molecule has 1 aromatic heterocycles. The van der Waals surface area contributed by atoms with Crippen molar-refractivity contribution in [3.05, 3.63) is 76.0 Å². The first kappa shape index (κ1) is 27.1. The van der Waals surface area contributed by atoms with Crippen LogP contribution in [-0.2, 0) is 15.3 Å². The van der Waals surface area contributed by atoms with Crippen LogP contribution in [0.15, 0.2) is 65.0 Å². The monoisotopic (exact) mass is 540 g/mol. The Balaban J connectivity index is 1.63. The van der Waals surface area contributed by atoms with Gasteiger partial charge in [-0.05, 0) is 49.1 Å². The molecule has 1 aliphatic rings. The third kappa shape index (κ3) is 6.67. The summed E-state index contributed by atoms with van der Waals surface area (Å²) in [6, 6.07) is 15.1. The SMILES string of the molecule is CCCCOC(=O)C1=C(C)Nc2nc(SCc3ccccc3Cl)nn2C1c1ccc(OCCCC)cc1. The van der Waals surface area contributed by atoms with Crippen LogP contribution in [0.2, 0.25) is 5.02 Å². The van der Waals surface area contributed by atoms with E-state index >= 15 is 0 Å². The highest BCUT2D eigenvalue weighted by Crippen LogP contribution is 2.38. The van der Waals surface area contributed by atoms with Gasteiger partial charge >= 0.3 is 5.97 Å². The number of halogens is 1. The molecule has 0 radical (unpaired) electrons. The van der Waals surface area contributed by atoms with Crippen molar-refractivity contribution >= 4 is 35.3 Å². The minimum Gasteiger partial charge on any atom is -0.494 e. The average molecular weight is 541 g/mol. The third-order valence-electron chi connectivity index (χ3n) is 6.06. The zero-order valence-electron chi connectivity index (χ0n) is 21.5. The van der Waals surface area contributed by atoms with Crippen LogP contribution in [0.4, 0.5) is 5.95 Å². The van der Waals surface area contributed by atoms with E-state index in [0.29, 0.717) is 46.4 Å². The molecular formula is C28H33ClN4O3S. The molecule has 7 nitrogen and oxygen atoms in total. The second-order valence-corrected chi connectivity index (χ2v) is 10.2. The second kappa shape index (κ2) is 13.0. The molecule has 0 aliphatic carbocycles. The van der Waals surface area contributed by atoms with Gasteiger partial charge in [-0.3, -0.25) is 0 Å². The molecule has 3 aromatic rings. The molecule has 2 heterocycles. The summed E-state index contributed by atoms with van der Waals surface area (Å²) in [7, 11) is 0. The van der Waals surface area contributed by atoms with E-state index in [1.807, 2.05) is 55.5 Å². The summed E-state index contributed by atoms with van der Waals surface area (Å²) in [6.45, 7) is 7.13. The summed E-state index contributed by atoms with van der Waals surface area (Å²) < 4.78 is 13.2. The number of aromatic nitrogens is 3. The van der Waals surface area contributed by atoms with Crippen LogP contribution >= 0.6 is 23.4 Å². The molecule has 0 amide bonds. The van der Waals surface area contributed by atoms with Gasteiger partial charge in [-0.2, -0.15) is 4.98 Å². The van der Waals surface area contributed by atoms with Gasteiger partial charge in [0.25, 0.3) is 0 Å². The molecule has 196 valence electrons. The quantitative estimate of drug-likeness (QED) is 0.150. The zero-order valence-corrected chi connectivity index (χ0v) is 23.1. The van der Waals surface area contributed by atoms with Crippen molar-refractivity contribution in [3.63, 3.8) is 0 Å². The number of unbranched alkanes of at least 4 members (excludes halogenated alkanes) is 2. The molecule has 37 heavy (non-hydrogen) atoms. The number of allylic oxidation sites excluding steroid dienone is 1. The van der Waals surface area contributed by atoms with Gasteiger partial charge in [-0.15, -0.1) is 5.10 Å². The summed E-state index contributed by atoms with van der Waals surface area (Å²) >= 11 is 7.83. The van der Waals surface area contributed by atoms with Crippen molar-refractivity contribution in [1.29, 1.82) is 0 Å². The number of esters is 1. The number of ether oxygens (including phenoxy) is 2. The van der Waals surface area contributed by atoms with Gasteiger partial charge in [0.05, 0.1) is 18.8 Å². The number of hydrogen-bond donors (Lipinski definition) is 1. The van der Waals surface area contributed by atoms with Crippen molar-refractivity contribution in [2.24, 2.45) is 0 Å². The first-order chi connectivity index (χ1) is 18.0. The van der Waals surface area contributed by atoms with E-state index in [9.17, 15) is 4.79 Å². The Morgan fingerprint density at radius 1 is 1.08 bits per heavy atom. The maximum atomic E-state index is 13.2. The molecule has 1 aliphatic heterocycles. The highest BCUT2D eigenvalue weighted by atomic mass is 35.5. The lowest BCUT2D eigenvalue weighted by Gasteiger charge is -2.28. The number of anilines is 1. The van der Waals surface area contributed by atoms with E-state index in [2.05, 4.69) is 19.2 Å². The fourth-order valence-electron chi connectivity index (χ4n) is 3.99. The van der Waals surface area contributed by atoms with E-state index in [0.717, 1.165) is 42.6 Å². The van der Waals surface area contributed by atoms with Gasteiger partial charge < -0.3 is 14.8 Å². The lowest BCUT2D eigenvalue weighted by atomic mass is 9.96. The molecule has 0 spiro atoms. The number of rotatable bonds is 12. The number of hydrogen-bond acceptors (Lipinski definition) is 7. The summed E-state index contributed by atoms with van der Waals surface area (Å²) in [5.74, 6) is 1.67. The predicted octanol–water partition coefficient (Wildman–Crippen LogP) is 7.03. The highest BCUT2D eigenvalue weighted by molar-refractivity contribution is 7.98. The van der Waals surface area contributed by atoms with Crippen LogP contribution in [0.1, 0.15) is 63.6 Å². The van der Waals surface area contributed by atoms with Crippen LogP contribution in [0, 0.1) is 0 Å². The lowest BCUT2D eigenvalue weighted by Crippen LogP contribution is -2.29. The molecule has 0 bridgehead atoms. The van der Waals surface area contributed by atoms with Crippen LogP contribution in [0.5, 0.6) is 5.75 Å². The topological polar surface area (TPSA) is 78.3 Å². The van der Waals surface area contributed by atoms with Crippen LogP contribution in [0.25, 0.3) is 0 Å². The second-order valence-electron chi connectivity index (χ2n) is 8.87. The molecule has 1 atom stereocenters. The number of carbonyl (C=O) groups excluding carboxylic acids is 1. The highest BCUT2D eigenvalue weighted by Gasteiger charge is 2.35. The van der Waals surface area contributed by atoms with Gasteiger partial charge in [-0.1, -0.05) is 80.4 Å². The molecule has 9 heteroatoms. The Morgan fingerprint density at radius 3 is 2.54 bits per heavy atom. The van der Waals surface area contributed by atoms with E-state index in [-0.39, 0.29) is 5.97 Å². The van der Waals surface area contributed by atoms with Crippen LogP contribution in [-0.4, -0.2) is 33.9 Å². The van der Waals surface area contributed by atoms with E-state index < -0.39 is 6.04 Å². The van der Waals surface area contributed by atoms with Crippen LogP contribution < -0.4 is 10.1 Å². The Hall–Kier alpha value is -2.97. The molecule has 0 saturated heterocycles. The molecule has 1 N–H and O–H groups in total. The largest absolute Gasteiger partial charge is 0.494 e. The minimum atomic E-state index is -0.475. The number of nitrogens with zero attached hydrogens (tertiary/aromatic N) is 3. The van der Waals surface area contributed by atoms with Gasteiger partial charge in [0.2, 0.25) is 11.1 Å². The first-order valence-electron chi connectivity index (χ1n) is 12.7. The van der Waals surface area contributed by atoms with Gasteiger partial charge in [0.1, 0.15) is 11.8 Å². The first-order valence-corrected chi connectivity index (χ1v) is 14.1. The van der Waals surface area contributed by atoms with Crippen molar-refractivity contribution < 1.29 is 14.3 Å². The predicted molar refractivity (Wildman–Crippen MR) is 148 cm³/mol. The van der Waals surface area contributed by atoms with Crippen molar-refractivity contribution in [2.75, 3.05) is 18.5 Å². The zero-order chi connectivity index (χ0) is 26.2. The fourth-order valence-corrected chi connectivity index (χ4v) is 5.11. The summed E-state index contributed by atoms with van der Waals surface area (Å²) in [6.07, 6.45) is 3.85. The Morgan fingerprint density at radius 2 is 1.81 bits per heavy atom. The number of benzene rings is 2. The number of thioether (sulfide) groups is 1. The smallest absolute Gasteiger partial charge is 0.338 e. The minimum absolute atomic E-state index is 0.349. The summed E-state index contributed by atoms with van der Waals surface area (Å²) in [5.41, 5.74) is 3.15. The molecule has 0 saturated carbocycles. The summed E-state index contributed by atoms with van der Waals surface area (Å²) in [4.78, 5) is 18.0. The van der Waals surface area contributed by atoms with E-state index in [4.69, 9.17) is 31.2 Å². The Kier molecular flexibility index (Phi) is 9.52. The van der Waals surface area contributed by atoms with E-state index in [1.54, 1.807) is 4.68 Å². The maximum absolute atomic E-state index is 13.2. The molecule has 4 rings (SSSR count). The van der Waals surface area contributed by atoms with Gasteiger partial charge in [0.15, 0.2) is 0 Å². The van der Waals surface area contributed by atoms with Crippen molar-refractivity contribution in [2.45, 2.75) is 63.4 Å². The normalized spacial score (nSPS) is 14.8. The van der Waals surface area contributed by atoms with Crippen LogP contribution in [0.3, 0.4) is 0 Å². The maximum Gasteiger partial charge on any atom is 0.338 e. The Labute approximate surface area is 227 Å². The number of nitrogens with one attached hydrogen (secondary N) is 1. The van der Waals surface area contributed by atoms with Gasteiger partial charge in [-0.25, -0.2) is 9.48 Å². The van der Waals surface area contributed by atoms with Gasteiger partial charge in [0, 0.05) is 16.5 Å². The van der Waals surface area contributed by atoms with Crippen molar-refractivity contribution in [3.8, 4) is 5.75 Å². The molecule has 0 fully saturated rings. The summed E-state index contributed by atoms with van der Waals surface area (Å²) in [5, 5.41) is 9.36. The third-order valence-corrected chi connectivity index (χ3v) is 7.32. The lowest BCUT2D eigenvalue weighted by molar-refractivity contribution is -0.139. The van der Waals surface area contributed by atoms with Crippen molar-refractivity contribution in [1.82, 2.24) is 14.8 Å². The fraction of sp³-hybridized carbons (Fsp3) is 0.393. The molecular weight excluding hydrogens is 508 g/mol. The standard InChI is InChI=1S/C28H33ClN4O3S/c1-4-6-16-35-22-14-12-20(13-15-22)25-24(26(34)36-17-7-5-2)19(3)30-27-31-28(32-33(25)27)37-18-21-10-8-9-11-23(21)29/h8-15,25H,4-7,16-18H2,1-3H3,(H,30,31,32). The molecule has 1 unspecified atom stereocenters. The molecule has 2 aromatic carbocycles.